The molecule has 0 unspecified atom stereocenters. The Morgan fingerprint density at radius 3 is 2.50 bits per heavy atom. The molecular weight excluding hydrogens is 534 g/mol. The Hall–Kier alpha value is -2.49. The van der Waals surface area contributed by atoms with E-state index in [1.54, 1.807) is 17.9 Å². The van der Waals surface area contributed by atoms with Crippen molar-refractivity contribution in [2.75, 3.05) is 24.6 Å². The molecule has 3 fully saturated rings. The monoisotopic (exact) mass is 581 g/mol. The number of carbonyl (C=O) groups is 2. The molecule has 1 spiro atoms. The van der Waals surface area contributed by atoms with Crippen LogP contribution in [0.3, 0.4) is 0 Å². The molecule has 0 radical (unpaired) electrons. The molecule has 1 N–H and O–H groups in total. The van der Waals surface area contributed by atoms with Gasteiger partial charge in [0.25, 0.3) is 0 Å². The van der Waals surface area contributed by atoms with Gasteiger partial charge in [0.2, 0.25) is 0 Å². The van der Waals surface area contributed by atoms with Gasteiger partial charge in [0.1, 0.15) is 6.10 Å². The molecule has 42 heavy (non-hydrogen) atoms. The third-order valence-corrected chi connectivity index (χ3v) is 11.3. The molecule has 2 aliphatic heterocycles. The Labute approximate surface area is 249 Å². The number of anilines is 1. The lowest BCUT2D eigenvalue weighted by molar-refractivity contribution is -0.302. The largest absolute Gasteiger partial charge is 0.450 e. The fourth-order valence-electron chi connectivity index (χ4n) is 8.55. The van der Waals surface area contributed by atoms with E-state index in [-0.39, 0.29) is 29.6 Å². The number of piperidine rings is 1. The first-order valence-electron chi connectivity index (χ1n) is 15.6. The third-order valence-electron chi connectivity index (χ3n) is 11.3. The van der Waals surface area contributed by atoms with E-state index in [9.17, 15) is 14.7 Å². The lowest BCUT2D eigenvalue weighted by atomic mass is 9.59. The summed E-state index contributed by atoms with van der Waals surface area (Å²) in [6.45, 7) is 15.9. The maximum absolute atomic E-state index is 14.9. The summed E-state index contributed by atoms with van der Waals surface area (Å²) in [4.78, 5) is 31.3. The number of ether oxygens (including phenoxy) is 3. The van der Waals surface area contributed by atoms with Gasteiger partial charge in [0.05, 0.1) is 23.9 Å². The van der Waals surface area contributed by atoms with Crippen molar-refractivity contribution in [3.8, 4) is 0 Å². The van der Waals surface area contributed by atoms with E-state index in [1.807, 2.05) is 32.9 Å². The minimum atomic E-state index is -1.87. The molecule has 1 saturated carbocycles. The second-order valence-corrected chi connectivity index (χ2v) is 14.5. The van der Waals surface area contributed by atoms with Crippen molar-refractivity contribution in [1.29, 1.82) is 0 Å². The van der Waals surface area contributed by atoms with Crippen LogP contribution in [0, 0.1) is 28.6 Å². The van der Waals surface area contributed by atoms with E-state index in [0.29, 0.717) is 11.3 Å². The van der Waals surface area contributed by atoms with Crippen LogP contribution in [0.1, 0.15) is 84.6 Å². The summed E-state index contributed by atoms with van der Waals surface area (Å²) in [5, 5.41) is 17.7. The first kappa shape index (κ1) is 29.6. The summed E-state index contributed by atoms with van der Waals surface area (Å²) in [6.07, 6.45) is 7.63. The van der Waals surface area contributed by atoms with E-state index in [2.05, 4.69) is 37.7 Å². The number of Topliss-reactive ketones (excluding diaryl/α,β-unsaturated/α-hetero) is 1. The van der Waals surface area contributed by atoms with Gasteiger partial charge in [-0.25, -0.2) is 4.79 Å². The maximum Gasteiger partial charge on any atom is 0.359 e. The van der Waals surface area contributed by atoms with Crippen molar-refractivity contribution >= 4 is 17.4 Å². The predicted octanol–water partition coefficient (Wildman–Crippen LogP) is 4.59. The zero-order valence-corrected chi connectivity index (χ0v) is 26.4. The maximum atomic E-state index is 14.9. The summed E-state index contributed by atoms with van der Waals surface area (Å²) in [7, 11) is 1.74. The van der Waals surface area contributed by atoms with E-state index >= 15 is 0 Å². The molecule has 3 heterocycles. The summed E-state index contributed by atoms with van der Waals surface area (Å²) >= 11 is 0. The lowest BCUT2D eigenvalue weighted by Gasteiger charge is -2.52. The zero-order valence-electron chi connectivity index (χ0n) is 26.4. The number of aromatic nitrogens is 2. The molecule has 5 aliphatic rings. The molecule has 230 valence electrons. The number of hydrogen-bond acceptors (Lipinski definition) is 8. The van der Waals surface area contributed by atoms with Gasteiger partial charge in [-0.2, -0.15) is 5.10 Å². The molecule has 0 amide bonds. The predicted molar refractivity (Wildman–Crippen MR) is 158 cm³/mol. The van der Waals surface area contributed by atoms with Gasteiger partial charge in [-0.15, -0.1) is 0 Å². The molecule has 1 aromatic rings. The highest BCUT2D eigenvalue weighted by Crippen LogP contribution is 2.64. The normalized spacial score (nSPS) is 38.9. The van der Waals surface area contributed by atoms with Crippen molar-refractivity contribution in [3.63, 3.8) is 0 Å². The number of esters is 1. The van der Waals surface area contributed by atoms with E-state index in [0.717, 1.165) is 50.0 Å². The van der Waals surface area contributed by atoms with Crippen LogP contribution in [-0.2, 0) is 26.1 Å². The molecule has 2 saturated heterocycles. The molecule has 0 aromatic carbocycles. The Bertz CT molecular complexity index is 1350. The van der Waals surface area contributed by atoms with Gasteiger partial charge in [-0.3, -0.25) is 9.48 Å². The molecule has 6 rings (SSSR count). The van der Waals surface area contributed by atoms with E-state index < -0.39 is 40.9 Å². The first-order chi connectivity index (χ1) is 19.6. The van der Waals surface area contributed by atoms with Crippen LogP contribution in [-0.4, -0.2) is 69.9 Å². The molecule has 9 nitrogen and oxygen atoms in total. The molecule has 9 heteroatoms. The smallest absolute Gasteiger partial charge is 0.359 e. The van der Waals surface area contributed by atoms with Gasteiger partial charge in [0.15, 0.2) is 29.0 Å². The van der Waals surface area contributed by atoms with Gasteiger partial charge >= 0.3 is 5.97 Å². The molecule has 1 aromatic heterocycles. The quantitative estimate of drug-likeness (QED) is 0.409. The van der Waals surface area contributed by atoms with Crippen LogP contribution in [0.25, 0.3) is 0 Å². The van der Waals surface area contributed by atoms with Crippen molar-refractivity contribution in [2.24, 2.45) is 35.6 Å². The Morgan fingerprint density at radius 1 is 1.12 bits per heavy atom. The molecular formula is C33H47N3O6. The number of aliphatic hydroxyl groups is 1. The summed E-state index contributed by atoms with van der Waals surface area (Å²) in [6, 6.07) is 0. The number of ketones is 1. The minimum absolute atomic E-state index is 0.0393. The van der Waals surface area contributed by atoms with Crippen LogP contribution in [0.2, 0.25) is 0 Å². The van der Waals surface area contributed by atoms with Crippen LogP contribution in [0.5, 0.6) is 0 Å². The van der Waals surface area contributed by atoms with Gasteiger partial charge < -0.3 is 24.2 Å². The van der Waals surface area contributed by atoms with Crippen molar-refractivity contribution in [3.05, 3.63) is 35.2 Å². The average Bonchev–Trinajstić information content (AvgIpc) is 3.39. The van der Waals surface area contributed by atoms with Crippen molar-refractivity contribution < 1.29 is 28.9 Å². The van der Waals surface area contributed by atoms with Gasteiger partial charge in [-0.05, 0) is 74.9 Å². The summed E-state index contributed by atoms with van der Waals surface area (Å²) in [5.74, 6) is -2.09. The second-order valence-electron chi connectivity index (χ2n) is 14.5. The number of carbonyl (C=O) groups excluding carboxylic acids is 2. The van der Waals surface area contributed by atoms with Crippen LogP contribution >= 0.6 is 0 Å². The fraction of sp³-hybridized carbons (Fsp3) is 0.727. The SMILES string of the molecule is CC1=C[C@]23C(=O)[C@@H](C=C4COC(C)(C)O[C@H]4[C@]2(O)[C@H]1OC(=O)c1c(N2CCCCC2)cnn1C)C(C)(C)[C@@H](C)C[C@H]3C. The number of fused-ring (bicyclic) bond motifs is 3. The average molecular weight is 582 g/mol. The minimum Gasteiger partial charge on any atom is -0.450 e. The third kappa shape index (κ3) is 4.02. The van der Waals surface area contributed by atoms with E-state index in [4.69, 9.17) is 14.2 Å². The highest BCUT2D eigenvalue weighted by molar-refractivity contribution is 5.97. The van der Waals surface area contributed by atoms with Gasteiger partial charge in [-0.1, -0.05) is 39.8 Å². The number of hydrogen-bond donors (Lipinski definition) is 1. The second kappa shape index (κ2) is 9.76. The molecule has 2 bridgehead atoms. The van der Waals surface area contributed by atoms with Crippen LogP contribution in [0.4, 0.5) is 5.69 Å². The summed E-state index contributed by atoms with van der Waals surface area (Å²) < 4.78 is 20.6. The number of aryl methyl sites for hydroxylation is 1. The highest BCUT2D eigenvalue weighted by Gasteiger charge is 2.74. The molecule has 3 aliphatic carbocycles. The van der Waals surface area contributed by atoms with Crippen molar-refractivity contribution in [2.45, 2.75) is 97.7 Å². The standard InChI is InChI=1S/C33H47N3O6/c1-19-16-32-21(3)14-20(2)30(4,5)23(26(32)37)15-22-18-40-31(6,7)42-28(22)33(32,39)27(19)41-29(38)25-24(17-34-35(25)8)36-12-10-9-11-13-36/h15-17,20-21,23,27-28,39H,9-14,18H2,1-8H3/t20-,21+,23+,27-,28+,32-,33+/m0/s1. The molecule has 7 atom stereocenters. The topological polar surface area (TPSA) is 103 Å². The lowest BCUT2D eigenvalue weighted by Crippen LogP contribution is -2.68. The van der Waals surface area contributed by atoms with Gasteiger partial charge in [0, 0.05) is 26.1 Å². The first-order valence-corrected chi connectivity index (χ1v) is 15.6. The van der Waals surface area contributed by atoms with E-state index in [1.165, 1.54) is 0 Å². The number of rotatable bonds is 3. The van der Waals surface area contributed by atoms with Crippen molar-refractivity contribution in [1.82, 2.24) is 9.78 Å². The Morgan fingerprint density at radius 2 is 1.81 bits per heavy atom. The van der Waals surface area contributed by atoms with Crippen LogP contribution in [0.15, 0.2) is 29.5 Å². The highest BCUT2D eigenvalue weighted by atomic mass is 16.7. The number of nitrogens with zero attached hydrogens (tertiary/aromatic N) is 3. The fourth-order valence-corrected chi connectivity index (χ4v) is 8.55. The van der Waals surface area contributed by atoms with Crippen LogP contribution < -0.4 is 4.90 Å². The zero-order chi connectivity index (χ0) is 30.4. The summed E-state index contributed by atoms with van der Waals surface area (Å²) in [5.41, 5.74) is -1.07. The Kier molecular flexibility index (Phi) is 6.87. The number of allylic oxidation sites excluding steroid dienone is 1. The Balaban J connectivity index is 1.48.